The number of rotatable bonds is 3. The van der Waals surface area contributed by atoms with Gasteiger partial charge in [0.15, 0.2) is 0 Å². The van der Waals surface area contributed by atoms with Crippen molar-refractivity contribution in [3.05, 3.63) is 0 Å². The number of nitrogens with one attached hydrogen (secondary N) is 1. The summed E-state index contributed by atoms with van der Waals surface area (Å²) in [4.78, 5) is 13.6. The number of carboxylic acid groups (broad SMARTS) is 1. The van der Waals surface area contributed by atoms with Gasteiger partial charge in [-0.15, -0.1) is 0 Å². The van der Waals surface area contributed by atoms with Gasteiger partial charge in [-0.1, -0.05) is 0 Å². The van der Waals surface area contributed by atoms with E-state index < -0.39 is 5.97 Å². The van der Waals surface area contributed by atoms with Gasteiger partial charge < -0.3 is 15.3 Å². The molecule has 102 valence electrons. The van der Waals surface area contributed by atoms with Gasteiger partial charge in [-0.25, -0.2) is 0 Å². The third-order valence-electron chi connectivity index (χ3n) is 5.24. The normalized spacial score (nSPS) is 38.6. The molecule has 0 amide bonds. The van der Waals surface area contributed by atoms with Gasteiger partial charge >= 0.3 is 5.97 Å². The largest absolute Gasteiger partial charge is 0.481 e. The highest BCUT2D eigenvalue weighted by molar-refractivity contribution is 5.70. The van der Waals surface area contributed by atoms with E-state index in [2.05, 4.69) is 10.2 Å². The summed E-state index contributed by atoms with van der Waals surface area (Å²) in [7, 11) is 0. The van der Waals surface area contributed by atoms with Crippen molar-refractivity contribution in [2.75, 3.05) is 26.2 Å². The number of nitrogens with zero attached hydrogens (tertiary/aromatic N) is 1. The molecule has 1 aliphatic carbocycles. The van der Waals surface area contributed by atoms with Gasteiger partial charge in [0.25, 0.3) is 0 Å². The molecule has 0 spiro atoms. The minimum Gasteiger partial charge on any atom is -0.481 e. The van der Waals surface area contributed by atoms with Crippen molar-refractivity contribution in [3.8, 4) is 0 Å². The molecule has 0 radical (unpaired) electrons. The van der Waals surface area contributed by atoms with E-state index in [-0.39, 0.29) is 5.92 Å². The Morgan fingerprint density at radius 3 is 2.61 bits per heavy atom. The maximum absolute atomic E-state index is 11.0. The first-order valence-corrected chi connectivity index (χ1v) is 7.41. The van der Waals surface area contributed by atoms with Crippen LogP contribution in [-0.4, -0.2) is 48.2 Å². The monoisotopic (exact) mass is 252 g/mol. The topological polar surface area (TPSA) is 52.6 Å². The van der Waals surface area contributed by atoms with E-state index in [4.69, 9.17) is 5.11 Å². The molecule has 3 fully saturated rings. The van der Waals surface area contributed by atoms with E-state index in [0.29, 0.717) is 6.04 Å². The molecule has 4 heteroatoms. The average molecular weight is 252 g/mol. The van der Waals surface area contributed by atoms with Gasteiger partial charge in [-0.2, -0.15) is 0 Å². The number of hydrogen-bond acceptors (Lipinski definition) is 3. The van der Waals surface area contributed by atoms with Gasteiger partial charge in [0.2, 0.25) is 0 Å². The third kappa shape index (κ3) is 2.41. The standard InChI is InChI=1S/C14H24N2O2/c17-14(18)10-3-4-13(6-10)16-5-1-2-11(9-16)12-7-15-8-12/h10-13,15H,1-9H2,(H,17,18)/t10-,11+,13?/m1/s1. The molecule has 4 nitrogen and oxygen atoms in total. The van der Waals surface area contributed by atoms with E-state index >= 15 is 0 Å². The molecule has 2 N–H and O–H groups in total. The zero-order chi connectivity index (χ0) is 12.5. The van der Waals surface area contributed by atoms with Crippen molar-refractivity contribution in [2.24, 2.45) is 17.8 Å². The third-order valence-corrected chi connectivity index (χ3v) is 5.24. The van der Waals surface area contributed by atoms with Crippen molar-refractivity contribution >= 4 is 5.97 Å². The fraction of sp³-hybridized carbons (Fsp3) is 0.929. The molecular formula is C14H24N2O2. The highest BCUT2D eigenvalue weighted by Gasteiger charge is 2.37. The Morgan fingerprint density at radius 1 is 1.17 bits per heavy atom. The van der Waals surface area contributed by atoms with Crippen LogP contribution in [0.4, 0.5) is 0 Å². The molecule has 1 unspecified atom stereocenters. The Labute approximate surface area is 109 Å². The Bertz CT molecular complexity index is 317. The fourth-order valence-electron chi connectivity index (χ4n) is 3.91. The summed E-state index contributed by atoms with van der Waals surface area (Å²) >= 11 is 0. The van der Waals surface area contributed by atoms with Crippen LogP contribution in [0, 0.1) is 17.8 Å². The molecule has 2 saturated heterocycles. The molecule has 3 rings (SSSR count). The van der Waals surface area contributed by atoms with Crippen LogP contribution in [0.3, 0.4) is 0 Å². The van der Waals surface area contributed by atoms with Gasteiger partial charge in [-0.05, 0) is 63.6 Å². The molecule has 0 aromatic rings. The molecule has 3 aliphatic rings. The number of carbonyl (C=O) groups is 1. The lowest BCUT2D eigenvalue weighted by atomic mass is 9.81. The summed E-state index contributed by atoms with van der Waals surface area (Å²) in [6.45, 7) is 4.79. The smallest absolute Gasteiger partial charge is 0.306 e. The fourth-order valence-corrected chi connectivity index (χ4v) is 3.91. The second-order valence-electron chi connectivity index (χ2n) is 6.32. The predicted molar refractivity (Wildman–Crippen MR) is 69.4 cm³/mol. The Hall–Kier alpha value is -0.610. The van der Waals surface area contributed by atoms with Gasteiger partial charge in [0.1, 0.15) is 0 Å². The SMILES string of the molecule is O=C(O)[C@@H]1CCC(N2CCC[C@H](C3CNC3)C2)C1. The van der Waals surface area contributed by atoms with Crippen molar-refractivity contribution < 1.29 is 9.90 Å². The first-order chi connectivity index (χ1) is 8.74. The Morgan fingerprint density at radius 2 is 2.00 bits per heavy atom. The van der Waals surface area contributed by atoms with Crippen molar-refractivity contribution in [1.82, 2.24) is 10.2 Å². The highest BCUT2D eigenvalue weighted by Crippen LogP contribution is 2.34. The molecule has 0 aromatic carbocycles. The van der Waals surface area contributed by atoms with Crippen LogP contribution in [0.5, 0.6) is 0 Å². The summed E-state index contributed by atoms with van der Waals surface area (Å²) < 4.78 is 0. The lowest BCUT2D eigenvalue weighted by Gasteiger charge is -2.43. The lowest BCUT2D eigenvalue weighted by molar-refractivity contribution is -0.141. The number of hydrogen-bond donors (Lipinski definition) is 2. The maximum Gasteiger partial charge on any atom is 0.306 e. The molecule has 1 saturated carbocycles. The molecule has 2 heterocycles. The van der Waals surface area contributed by atoms with Crippen LogP contribution in [0.25, 0.3) is 0 Å². The van der Waals surface area contributed by atoms with Crippen LogP contribution in [-0.2, 0) is 4.79 Å². The first kappa shape index (κ1) is 12.4. The van der Waals surface area contributed by atoms with E-state index in [9.17, 15) is 4.79 Å². The number of piperidine rings is 1. The second kappa shape index (κ2) is 5.17. The number of carboxylic acids is 1. The molecule has 0 aromatic heterocycles. The summed E-state index contributed by atoms with van der Waals surface area (Å²) in [6.07, 6.45) is 5.52. The van der Waals surface area contributed by atoms with E-state index in [1.165, 1.54) is 39.0 Å². The van der Waals surface area contributed by atoms with Crippen LogP contribution in [0.1, 0.15) is 32.1 Å². The molecule has 3 atom stereocenters. The average Bonchev–Trinajstić information content (AvgIpc) is 2.76. The van der Waals surface area contributed by atoms with Crippen molar-refractivity contribution in [2.45, 2.75) is 38.1 Å². The Kier molecular flexibility index (Phi) is 3.57. The van der Waals surface area contributed by atoms with Crippen molar-refractivity contribution in [3.63, 3.8) is 0 Å². The number of aliphatic carboxylic acids is 1. The molecular weight excluding hydrogens is 228 g/mol. The quantitative estimate of drug-likeness (QED) is 0.792. The minimum absolute atomic E-state index is 0.0826. The second-order valence-corrected chi connectivity index (χ2v) is 6.32. The van der Waals surface area contributed by atoms with Crippen LogP contribution >= 0.6 is 0 Å². The van der Waals surface area contributed by atoms with Crippen molar-refractivity contribution in [1.29, 1.82) is 0 Å². The Balaban J connectivity index is 1.54. The summed E-state index contributed by atoms with van der Waals surface area (Å²) in [5.41, 5.74) is 0. The molecule has 2 aliphatic heterocycles. The highest BCUT2D eigenvalue weighted by atomic mass is 16.4. The first-order valence-electron chi connectivity index (χ1n) is 7.41. The summed E-state index contributed by atoms with van der Waals surface area (Å²) in [5, 5.41) is 12.5. The molecule has 18 heavy (non-hydrogen) atoms. The van der Waals surface area contributed by atoms with Crippen LogP contribution in [0.15, 0.2) is 0 Å². The minimum atomic E-state index is -0.589. The van der Waals surface area contributed by atoms with Crippen LogP contribution < -0.4 is 5.32 Å². The zero-order valence-electron chi connectivity index (χ0n) is 11.0. The van der Waals surface area contributed by atoms with Gasteiger partial charge in [0, 0.05) is 12.6 Å². The van der Waals surface area contributed by atoms with Gasteiger partial charge in [-0.3, -0.25) is 4.79 Å². The summed E-state index contributed by atoms with van der Waals surface area (Å²) in [6, 6.07) is 0.543. The summed E-state index contributed by atoms with van der Waals surface area (Å²) in [5.74, 6) is 1.06. The number of likely N-dealkylation sites (tertiary alicyclic amines) is 1. The van der Waals surface area contributed by atoms with E-state index in [0.717, 1.165) is 31.1 Å². The zero-order valence-corrected chi connectivity index (χ0v) is 11.0. The van der Waals surface area contributed by atoms with E-state index in [1.807, 2.05) is 0 Å². The van der Waals surface area contributed by atoms with Crippen LogP contribution in [0.2, 0.25) is 0 Å². The maximum atomic E-state index is 11.0. The van der Waals surface area contributed by atoms with Gasteiger partial charge in [0.05, 0.1) is 5.92 Å². The van der Waals surface area contributed by atoms with E-state index in [1.54, 1.807) is 0 Å². The lowest BCUT2D eigenvalue weighted by Crippen LogP contribution is -2.52. The predicted octanol–water partition coefficient (Wildman–Crippen LogP) is 1.17. The molecule has 0 bridgehead atoms.